The highest BCUT2D eigenvalue weighted by molar-refractivity contribution is 8.00. The van der Waals surface area contributed by atoms with Crippen LogP contribution in [-0.2, 0) is 0 Å². The van der Waals surface area contributed by atoms with Crippen LogP contribution in [0.25, 0.3) is 0 Å². The van der Waals surface area contributed by atoms with Crippen molar-refractivity contribution >= 4 is 11.8 Å². The van der Waals surface area contributed by atoms with Crippen LogP contribution < -0.4 is 5.32 Å². The molecule has 1 nitrogen and oxygen atoms in total. The molecule has 76 valence electrons. The highest BCUT2D eigenvalue weighted by Gasteiger charge is 2.49. The van der Waals surface area contributed by atoms with Crippen molar-refractivity contribution in [2.45, 2.75) is 31.1 Å². The monoisotopic (exact) mass is 211 g/mol. The van der Waals surface area contributed by atoms with E-state index in [1.807, 2.05) is 0 Å². The van der Waals surface area contributed by atoms with Gasteiger partial charge < -0.3 is 5.32 Å². The van der Waals surface area contributed by atoms with Crippen LogP contribution in [0.5, 0.6) is 0 Å². The maximum absolute atomic E-state index is 12.5. The number of hydrogen-bond donors (Lipinski definition) is 1. The van der Waals surface area contributed by atoms with E-state index in [9.17, 15) is 13.2 Å². The molecule has 1 saturated carbocycles. The van der Waals surface area contributed by atoms with Gasteiger partial charge in [-0.1, -0.05) is 0 Å². The fourth-order valence-corrected chi connectivity index (χ4v) is 2.18. The minimum Gasteiger partial charge on any atom is -0.301 e. The second kappa shape index (κ2) is 3.35. The molecule has 0 spiro atoms. The van der Waals surface area contributed by atoms with Gasteiger partial charge in [0.1, 0.15) is 6.04 Å². The van der Waals surface area contributed by atoms with E-state index in [2.05, 4.69) is 5.32 Å². The molecule has 1 unspecified atom stereocenters. The quantitative estimate of drug-likeness (QED) is 0.766. The third-order valence-corrected chi connectivity index (χ3v) is 3.78. The Labute approximate surface area is 79.5 Å². The van der Waals surface area contributed by atoms with Crippen LogP contribution in [0.1, 0.15) is 12.8 Å². The standard InChI is InChI=1S/C8H12F3NS/c9-8(10,11)7(5-1-2-5)12-6-3-13-4-6/h5-7,12H,1-4H2. The summed E-state index contributed by atoms with van der Waals surface area (Å²) in [4.78, 5) is 0. The first-order valence-corrected chi connectivity index (χ1v) is 5.63. The van der Waals surface area contributed by atoms with Crippen LogP contribution in [0.3, 0.4) is 0 Å². The normalized spacial score (nSPS) is 27.0. The number of alkyl halides is 3. The number of halogens is 3. The highest BCUT2D eigenvalue weighted by Crippen LogP contribution is 2.40. The lowest BCUT2D eigenvalue weighted by Gasteiger charge is -2.32. The Balaban J connectivity index is 1.88. The molecule has 1 aliphatic carbocycles. The average molecular weight is 211 g/mol. The lowest BCUT2D eigenvalue weighted by Crippen LogP contribution is -2.53. The van der Waals surface area contributed by atoms with E-state index >= 15 is 0 Å². The first kappa shape index (κ1) is 9.65. The molecule has 0 radical (unpaired) electrons. The highest BCUT2D eigenvalue weighted by atomic mass is 32.2. The lowest BCUT2D eigenvalue weighted by molar-refractivity contribution is -0.162. The van der Waals surface area contributed by atoms with Gasteiger partial charge in [-0.15, -0.1) is 0 Å². The molecule has 2 rings (SSSR count). The summed E-state index contributed by atoms with van der Waals surface area (Å²) in [5.41, 5.74) is 0. The molecule has 0 aromatic heterocycles. The predicted octanol–water partition coefficient (Wildman–Crippen LogP) is 2.03. The topological polar surface area (TPSA) is 12.0 Å². The van der Waals surface area contributed by atoms with Crippen LogP contribution >= 0.6 is 11.8 Å². The molecule has 0 amide bonds. The summed E-state index contributed by atoms with van der Waals surface area (Å²) in [6, 6.07) is -1.14. The Morgan fingerprint density at radius 3 is 2.15 bits per heavy atom. The lowest BCUT2D eigenvalue weighted by atomic mass is 10.1. The average Bonchev–Trinajstić information content (AvgIpc) is 2.64. The smallest absolute Gasteiger partial charge is 0.301 e. The van der Waals surface area contributed by atoms with Crippen molar-refractivity contribution < 1.29 is 13.2 Å². The van der Waals surface area contributed by atoms with Gasteiger partial charge in [-0.3, -0.25) is 0 Å². The molecule has 1 aliphatic heterocycles. The van der Waals surface area contributed by atoms with Gasteiger partial charge in [0, 0.05) is 17.5 Å². The Bertz CT molecular complexity index is 186. The largest absolute Gasteiger partial charge is 0.404 e. The molecule has 2 fully saturated rings. The Kier molecular flexibility index (Phi) is 2.49. The summed E-state index contributed by atoms with van der Waals surface area (Å²) in [7, 11) is 0. The minimum absolute atomic E-state index is 0.0947. The van der Waals surface area contributed by atoms with Crippen LogP contribution in [0.2, 0.25) is 0 Å². The number of hydrogen-bond acceptors (Lipinski definition) is 2. The van der Waals surface area contributed by atoms with Gasteiger partial charge in [0.25, 0.3) is 0 Å². The van der Waals surface area contributed by atoms with Crippen molar-refractivity contribution in [2.24, 2.45) is 5.92 Å². The van der Waals surface area contributed by atoms with E-state index in [0.717, 1.165) is 24.3 Å². The van der Waals surface area contributed by atoms with Crippen LogP contribution in [-0.4, -0.2) is 29.8 Å². The van der Waals surface area contributed by atoms with E-state index < -0.39 is 12.2 Å². The zero-order valence-electron chi connectivity index (χ0n) is 7.10. The maximum Gasteiger partial charge on any atom is 0.404 e. The van der Waals surface area contributed by atoms with E-state index in [-0.39, 0.29) is 12.0 Å². The Hall–Kier alpha value is 0.100. The van der Waals surface area contributed by atoms with E-state index in [1.54, 1.807) is 11.8 Å². The molecule has 13 heavy (non-hydrogen) atoms. The van der Waals surface area contributed by atoms with Crippen molar-refractivity contribution in [2.75, 3.05) is 11.5 Å². The van der Waals surface area contributed by atoms with Gasteiger partial charge in [0.2, 0.25) is 0 Å². The van der Waals surface area contributed by atoms with Crippen molar-refractivity contribution in [3.8, 4) is 0 Å². The zero-order valence-corrected chi connectivity index (χ0v) is 7.92. The molecule has 5 heteroatoms. The summed E-state index contributed by atoms with van der Waals surface area (Å²) in [6.45, 7) is 0. The summed E-state index contributed by atoms with van der Waals surface area (Å²) >= 11 is 1.70. The van der Waals surface area contributed by atoms with Gasteiger partial charge in [-0.25, -0.2) is 0 Å². The summed E-state index contributed by atoms with van der Waals surface area (Å²) in [5, 5.41) is 2.71. The van der Waals surface area contributed by atoms with Crippen LogP contribution in [0.4, 0.5) is 13.2 Å². The van der Waals surface area contributed by atoms with Crippen molar-refractivity contribution in [3.63, 3.8) is 0 Å². The SMILES string of the molecule is FC(F)(F)C(NC1CSC1)C1CC1. The van der Waals surface area contributed by atoms with Crippen molar-refractivity contribution in [3.05, 3.63) is 0 Å². The number of rotatable bonds is 3. The first-order valence-electron chi connectivity index (χ1n) is 4.48. The van der Waals surface area contributed by atoms with Gasteiger partial charge in [-0.05, 0) is 18.8 Å². The van der Waals surface area contributed by atoms with E-state index in [1.165, 1.54) is 0 Å². The molecule has 0 aromatic rings. The molecule has 1 N–H and O–H groups in total. The van der Waals surface area contributed by atoms with E-state index in [0.29, 0.717) is 0 Å². The molecular weight excluding hydrogens is 199 g/mol. The third-order valence-electron chi connectivity index (χ3n) is 2.50. The molecule has 0 aromatic carbocycles. The second-order valence-corrected chi connectivity index (χ2v) is 4.83. The van der Waals surface area contributed by atoms with Gasteiger partial charge in [0.15, 0.2) is 0 Å². The predicted molar refractivity (Wildman–Crippen MR) is 46.8 cm³/mol. The van der Waals surface area contributed by atoms with Crippen LogP contribution in [0, 0.1) is 5.92 Å². The van der Waals surface area contributed by atoms with Crippen molar-refractivity contribution in [1.82, 2.24) is 5.32 Å². The van der Waals surface area contributed by atoms with Crippen molar-refractivity contribution in [1.29, 1.82) is 0 Å². The fraction of sp³-hybridized carbons (Fsp3) is 1.00. The number of nitrogens with one attached hydrogen (secondary N) is 1. The zero-order chi connectivity index (χ0) is 9.47. The molecule has 1 heterocycles. The fourth-order valence-electron chi connectivity index (χ4n) is 1.51. The molecule has 1 saturated heterocycles. The third kappa shape index (κ3) is 2.31. The molecule has 0 bridgehead atoms. The van der Waals surface area contributed by atoms with Crippen LogP contribution in [0.15, 0.2) is 0 Å². The minimum atomic E-state index is -4.05. The number of thioether (sulfide) groups is 1. The summed E-state index contributed by atoms with van der Waals surface area (Å²) in [6.07, 6.45) is -2.59. The molecule has 1 atom stereocenters. The maximum atomic E-state index is 12.5. The van der Waals surface area contributed by atoms with Gasteiger partial charge in [-0.2, -0.15) is 24.9 Å². The molecular formula is C8H12F3NS. The van der Waals surface area contributed by atoms with Gasteiger partial charge in [0.05, 0.1) is 0 Å². The van der Waals surface area contributed by atoms with E-state index in [4.69, 9.17) is 0 Å². The first-order chi connectivity index (χ1) is 6.07. The summed E-state index contributed by atoms with van der Waals surface area (Å²) < 4.78 is 37.4. The van der Waals surface area contributed by atoms with Gasteiger partial charge >= 0.3 is 6.18 Å². The molecule has 2 aliphatic rings. The Morgan fingerprint density at radius 2 is 1.85 bits per heavy atom. The summed E-state index contributed by atoms with van der Waals surface area (Å²) in [5.74, 6) is 1.52. The second-order valence-electron chi connectivity index (χ2n) is 3.76. The Morgan fingerprint density at radius 1 is 1.23 bits per heavy atom.